The van der Waals surface area contributed by atoms with Gasteiger partial charge in [-0.1, -0.05) is 6.07 Å². The van der Waals surface area contributed by atoms with Gasteiger partial charge in [-0.15, -0.1) is 0 Å². The maximum absolute atomic E-state index is 11.7. The van der Waals surface area contributed by atoms with Crippen molar-refractivity contribution in [3.63, 3.8) is 0 Å². The molecule has 2 unspecified atom stereocenters. The van der Waals surface area contributed by atoms with E-state index in [1.165, 1.54) is 0 Å². The zero-order valence-corrected chi connectivity index (χ0v) is 9.33. The molecule has 0 saturated heterocycles. The molecule has 0 bridgehead atoms. The molecule has 2 atom stereocenters. The lowest BCUT2D eigenvalue weighted by molar-refractivity contribution is 0.672. The molecule has 1 aromatic rings. The summed E-state index contributed by atoms with van der Waals surface area (Å²) in [5.41, 5.74) is 6.49. The fourth-order valence-corrected chi connectivity index (χ4v) is 2.10. The van der Waals surface area contributed by atoms with Crippen LogP contribution in [0.5, 0.6) is 0 Å². The Balaban J connectivity index is 2.81. The molecular formula is C10H13N3OS. The SMILES string of the molecule is CC(CN)S(=O)Cc1cccnc1C#N. The largest absolute Gasteiger partial charge is 0.329 e. The van der Waals surface area contributed by atoms with Crippen molar-refractivity contribution >= 4 is 10.8 Å². The molecule has 0 aromatic carbocycles. The number of hydrogen-bond acceptors (Lipinski definition) is 4. The van der Waals surface area contributed by atoms with Gasteiger partial charge in [0.25, 0.3) is 0 Å². The normalized spacial score (nSPS) is 14.2. The van der Waals surface area contributed by atoms with E-state index in [1.807, 2.05) is 13.0 Å². The lowest BCUT2D eigenvalue weighted by Crippen LogP contribution is -2.23. The molecule has 1 heterocycles. The Morgan fingerprint density at radius 3 is 3.07 bits per heavy atom. The number of nitrogens with zero attached hydrogens (tertiary/aromatic N) is 2. The van der Waals surface area contributed by atoms with Crippen molar-refractivity contribution in [3.05, 3.63) is 29.6 Å². The van der Waals surface area contributed by atoms with Gasteiger partial charge < -0.3 is 5.73 Å². The zero-order valence-electron chi connectivity index (χ0n) is 8.51. The van der Waals surface area contributed by atoms with E-state index in [0.29, 0.717) is 18.0 Å². The standard InChI is InChI=1S/C10H13N3OS/c1-8(5-11)15(14)7-9-3-2-4-13-10(9)6-12/h2-4,8H,5,7,11H2,1H3. The van der Waals surface area contributed by atoms with E-state index < -0.39 is 10.8 Å². The van der Waals surface area contributed by atoms with Gasteiger partial charge in [0.15, 0.2) is 0 Å². The van der Waals surface area contributed by atoms with Gasteiger partial charge in [0, 0.05) is 34.4 Å². The molecule has 1 aromatic heterocycles. The Labute approximate surface area is 91.6 Å². The zero-order chi connectivity index (χ0) is 11.3. The predicted octanol–water partition coefficient (Wildman–Crippen LogP) is 0.549. The second-order valence-electron chi connectivity index (χ2n) is 3.19. The van der Waals surface area contributed by atoms with Crippen LogP contribution in [-0.2, 0) is 16.6 Å². The molecule has 0 spiro atoms. The van der Waals surface area contributed by atoms with Crippen molar-refractivity contribution in [2.75, 3.05) is 6.54 Å². The summed E-state index contributed by atoms with van der Waals surface area (Å²) in [4.78, 5) is 3.91. The predicted molar refractivity (Wildman–Crippen MR) is 59.3 cm³/mol. The minimum Gasteiger partial charge on any atom is -0.329 e. The smallest absolute Gasteiger partial charge is 0.144 e. The van der Waals surface area contributed by atoms with Gasteiger partial charge in [-0.05, 0) is 13.0 Å². The van der Waals surface area contributed by atoms with Crippen molar-refractivity contribution in [2.24, 2.45) is 5.73 Å². The molecule has 0 saturated carbocycles. The minimum atomic E-state index is -1.04. The van der Waals surface area contributed by atoms with Gasteiger partial charge >= 0.3 is 0 Å². The van der Waals surface area contributed by atoms with Crippen LogP contribution < -0.4 is 5.73 Å². The highest BCUT2D eigenvalue weighted by molar-refractivity contribution is 7.84. The third-order valence-electron chi connectivity index (χ3n) is 2.08. The van der Waals surface area contributed by atoms with Crippen molar-refractivity contribution in [1.82, 2.24) is 4.98 Å². The molecule has 1 rings (SSSR count). The first-order chi connectivity index (χ1) is 7.19. The second kappa shape index (κ2) is 5.59. The molecular weight excluding hydrogens is 210 g/mol. The quantitative estimate of drug-likeness (QED) is 0.808. The lowest BCUT2D eigenvalue weighted by atomic mass is 10.2. The van der Waals surface area contributed by atoms with Gasteiger partial charge in [0.1, 0.15) is 11.8 Å². The van der Waals surface area contributed by atoms with Crippen LogP contribution in [0.4, 0.5) is 0 Å². The van der Waals surface area contributed by atoms with Crippen LogP contribution >= 0.6 is 0 Å². The molecule has 15 heavy (non-hydrogen) atoms. The molecule has 2 N–H and O–H groups in total. The summed E-state index contributed by atoms with van der Waals surface area (Å²) in [6.07, 6.45) is 1.55. The van der Waals surface area contributed by atoms with E-state index >= 15 is 0 Å². The molecule has 0 radical (unpaired) electrons. The average molecular weight is 223 g/mol. The number of rotatable bonds is 4. The van der Waals surface area contributed by atoms with Crippen molar-refractivity contribution in [3.8, 4) is 6.07 Å². The number of aromatic nitrogens is 1. The molecule has 0 amide bonds. The molecule has 5 heteroatoms. The van der Waals surface area contributed by atoms with Gasteiger partial charge in [-0.2, -0.15) is 5.26 Å². The number of pyridine rings is 1. The van der Waals surface area contributed by atoms with Gasteiger partial charge in [0.05, 0.1) is 5.75 Å². The summed E-state index contributed by atoms with van der Waals surface area (Å²) in [7, 11) is -1.04. The van der Waals surface area contributed by atoms with Crippen LogP contribution in [0.2, 0.25) is 0 Å². The van der Waals surface area contributed by atoms with E-state index in [4.69, 9.17) is 11.0 Å². The molecule has 80 valence electrons. The summed E-state index contributed by atoms with van der Waals surface area (Å²) >= 11 is 0. The Kier molecular flexibility index (Phi) is 4.40. The van der Waals surface area contributed by atoms with E-state index in [0.717, 1.165) is 5.56 Å². The minimum absolute atomic E-state index is 0.0586. The first kappa shape index (κ1) is 11.8. The van der Waals surface area contributed by atoms with Gasteiger partial charge in [-0.25, -0.2) is 4.98 Å². The topological polar surface area (TPSA) is 79.8 Å². The summed E-state index contributed by atoms with van der Waals surface area (Å²) in [5, 5.41) is 8.73. The third kappa shape index (κ3) is 3.11. The van der Waals surface area contributed by atoms with Crippen LogP contribution in [0.25, 0.3) is 0 Å². The summed E-state index contributed by atoms with van der Waals surface area (Å²) in [6.45, 7) is 2.22. The molecule has 0 aliphatic heterocycles. The fourth-order valence-electron chi connectivity index (χ4n) is 1.06. The molecule has 0 aliphatic carbocycles. The number of nitriles is 1. The van der Waals surface area contributed by atoms with Crippen molar-refractivity contribution in [1.29, 1.82) is 5.26 Å². The van der Waals surface area contributed by atoms with Crippen LogP contribution in [-0.4, -0.2) is 21.0 Å². The Bertz CT molecular complexity index is 400. The summed E-state index contributed by atoms with van der Waals surface area (Å²) in [6, 6.07) is 5.49. The Hall–Kier alpha value is -1.25. The maximum atomic E-state index is 11.7. The molecule has 0 fully saturated rings. The average Bonchev–Trinajstić information content (AvgIpc) is 2.28. The Morgan fingerprint density at radius 2 is 2.47 bits per heavy atom. The van der Waals surface area contributed by atoms with Crippen LogP contribution in [0, 0.1) is 11.3 Å². The van der Waals surface area contributed by atoms with E-state index in [-0.39, 0.29) is 5.25 Å². The lowest BCUT2D eigenvalue weighted by Gasteiger charge is -2.08. The number of nitrogens with two attached hydrogens (primary N) is 1. The third-order valence-corrected chi connectivity index (χ3v) is 3.76. The fraction of sp³-hybridized carbons (Fsp3) is 0.400. The first-order valence-corrected chi connectivity index (χ1v) is 5.98. The summed E-state index contributed by atoms with van der Waals surface area (Å²) < 4.78 is 11.7. The second-order valence-corrected chi connectivity index (χ2v) is 5.05. The Morgan fingerprint density at radius 1 is 1.73 bits per heavy atom. The van der Waals surface area contributed by atoms with Gasteiger partial charge in [-0.3, -0.25) is 4.21 Å². The van der Waals surface area contributed by atoms with Gasteiger partial charge in [0.2, 0.25) is 0 Å². The van der Waals surface area contributed by atoms with E-state index in [1.54, 1.807) is 18.3 Å². The van der Waals surface area contributed by atoms with Crippen LogP contribution in [0.3, 0.4) is 0 Å². The monoisotopic (exact) mass is 223 g/mol. The van der Waals surface area contributed by atoms with Crippen LogP contribution in [0.1, 0.15) is 18.2 Å². The van der Waals surface area contributed by atoms with Crippen molar-refractivity contribution in [2.45, 2.75) is 17.9 Å². The highest BCUT2D eigenvalue weighted by atomic mass is 32.2. The van der Waals surface area contributed by atoms with E-state index in [2.05, 4.69) is 4.98 Å². The van der Waals surface area contributed by atoms with Crippen molar-refractivity contribution < 1.29 is 4.21 Å². The number of hydrogen-bond donors (Lipinski definition) is 1. The first-order valence-electron chi connectivity index (χ1n) is 4.60. The highest BCUT2D eigenvalue weighted by Gasteiger charge is 2.12. The summed E-state index contributed by atoms with van der Waals surface area (Å²) in [5.74, 6) is 0.342. The molecule has 4 nitrogen and oxygen atoms in total. The van der Waals surface area contributed by atoms with Crippen LogP contribution in [0.15, 0.2) is 18.3 Å². The highest BCUT2D eigenvalue weighted by Crippen LogP contribution is 2.09. The maximum Gasteiger partial charge on any atom is 0.144 e. The van der Waals surface area contributed by atoms with E-state index in [9.17, 15) is 4.21 Å². The molecule has 0 aliphatic rings.